The number of hydrogen-bond donors (Lipinski definition) is 3. The van der Waals surface area contributed by atoms with Gasteiger partial charge in [0.2, 0.25) is 0 Å². The first kappa shape index (κ1) is 12.4. The van der Waals surface area contributed by atoms with Gasteiger partial charge in [0.25, 0.3) is 5.69 Å². The lowest BCUT2D eigenvalue weighted by Gasteiger charge is -2.16. The number of nitro benzene ring substituents is 1. The highest BCUT2D eigenvalue weighted by Crippen LogP contribution is 2.35. The lowest BCUT2D eigenvalue weighted by atomic mass is 9.96. The molecule has 1 aromatic rings. The number of nitro groups is 1. The average molecular weight is 226 g/mol. The monoisotopic (exact) mass is 226 g/mol. The molecule has 0 saturated carbocycles. The van der Waals surface area contributed by atoms with Gasteiger partial charge >= 0.3 is 0 Å². The van der Waals surface area contributed by atoms with Crippen molar-refractivity contribution in [1.82, 2.24) is 0 Å². The van der Waals surface area contributed by atoms with Gasteiger partial charge in [0, 0.05) is 11.6 Å². The summed E-state index contributed by atoms with van der Waals surface area (Å²) in [5, 5.41) is 29.7. The SMILES string of the molecule is CC(O)c1ccc([N+](=O)[O-])c(N)c1C(C)O. The molecule has 16 heavy (non-hydrogen) atoms. The van der Waals surface area contributed by atoms with Gasteiger partial charge in [0.05, 0.1) is 17.1 Å². The van der Waals surface area contributed by atoms with Crippen molar-refractivity contribution in [3.63, 3.8) is 0 Å². The zero-order valence-electron chi connectivity index (χ0n) is 9.04. The highest BCUT2D eigenvalue weighted by molar-refractivity contribution is 5.66. The summed E-state index contributed by atoms with van der Waals surface area (Å²) in [6.07, 6.45) is -1.81. The van der Waals surface area contributed by atoms with Crippen LogP contribution in [0.2, 0.25) is 0 Å². The van der Waals surface area contributed by atoms with Crippen LogP contribution >= 0.6 is 0 Å². The van der Waals surface area contributed by atoms with Crippen LogP contribution in [0, 0.1) is 10.1 Å². The Balaban J connectivity index is 3.48. The first-order valence-corrected chi connectivity index (χ1v) is 4.79. The number of anilines is 1. The topological polar surface area (TPSA) is 110 Å². The summed E-state index contributed by atoms with van der Waals surface area (Å²) < 4.78 is 0. The molecule has 0 saturated heterocycles. The molecule has 0 fully saturated rings. The number of aliphatic hydroxyl groups excluding tert-OH is 2. The van der Waals surface area contributed by atoms with Crippen LogP contribution in [0.4, 0.5) is 11.4 Å². The molecule has 4 N–H and O–H groups in total. The Hall–Kier alpha value is -1.66. The molecule has 1 aromatic carbocycles. The Morgan fingerprint density at radius 2 is 1.88 bits per heavy atom. The van der Waals surface area contributed by atoms with Crippen LogP contribution in [-0.2, 0) is 0 Å². The predicted octanol–water partition coefficient (Wildman–Crippen LogP) is 1.28. The van der Waals surface area contributed by atoms with Gasteiger partial charge in [-0.2, -0.15) is 0 Å². The molecule has 2 unspecified atom stereocenters. The Morgan fingerprint density at radius 3 is 2.25 bits per heavy atom. The van der Waals surface area contributed by atoms with E-state index in [1.54, 1.807) is 0 Å². The van der Waals surface area contributed by atoms with E-state index in [1.165, 1.54) is 26.0 Å². The fourth-order valence-corrected chi connectivity index (χ4v) is 1.63. The standard InChI is InChI=1S/C10H14N2O4/c1-5(13)7-3-4-8(12(15)16)10(11)9(7)6(2)14/h3-6,13-14H,11H2,1-2H3. The van der Waals surface area contributed by atoms with Gasteiger partial charge in [-0.15, -0.1) is 0 Å². The van der Waals surface area contributed by atoms with Gasteiger partial charge < -0.3 is 15.9 Å². The van der Waals surface area contributed by atoms with Crippen molar-refractivity contribution in [2.24, 2.45) is 0 Å². The van der Waals surface area contributed by atoms with Gasteiger partial charge in [-0.3, -0.25) is 10.1 Å². The molecule has 2 atom stereocenters. The van der Waals surface area contributed by atoms with Gasteiger partial charge in [-0.1, -0.05) is 0 Å². The Bertz CT molecular complexity index is 416. The molecule has 6 heteroatoms. The summed E-state index contributed by atoms with van der Waals surface area (Å²) in [5.41, 5.74) is 5.86. The quantitative estimate of drug-likeness (QED) is 0.408. The smallest absolute Gasteiger partial charge is 0.292 e. The molecule has 0 heterocycles. The van der Waals surface area contributed by atoms with Crippen molar-refractivity contribution < 1.29 is 15.1 Å². The van der Waals surface area contributed by atoms with E-state index in [4.69, 9.17) is 5.73 Å². The minimum atomic E-state index is -0.968. The highest BCUT2D eigenvalue weighted by Gasteiger charge is 2.22. The van der Waals surface area contributed by atoms with E-state index in [0.29, 0.717) is 5.56 Å². The Kier molecular flexibility index (Phi) is 3.46. The van der Waals surface area contributed by atoms with E-state index in [9.17, 15) is 20.3 Å². The third-order valence-corrected chi connectivity index (χ3v) is 2.36. The van der Waals surface area contributed by atoms with Crippen LogP contribution < -0.4 is 5.73 Å². The lowest BCUT2D eigenvalue weighted by molar-refractivity contribution is -0.384. The van der Waals surface area contributed by atoms with Crippen LogP contribution in [-0.4, -0.2) is 15.1 Å². The van der Waals surface area contributed by atoms with Gasteiger partial charge in [-0.25, -0.2) is 0 Å². The van der Waals surface area contributed by atoms with E-state index >= 15 is 0 Å². The largest absolute Gasteiger partial charge is 0.393 e. The molecule has 0 aliphatic heterocycles. The van der Waals surface area contributed by atoms with Crippen molar-refractivity contribution in [1.29, 1.82) is 0 Å². The van der Waals surface area contributed by atoms with E-state index in [2.05, 4.69) is 0 Å². The maximum absolute atomic E-state index is 10.7. The maximum Gasteiger partial charge on any atom is 0.292 e. The van der Waals surface area contributed by atoms with Crippen molar-refractivity contribution in [3.8, 4) is 0 Å². The molecule has 0 amide bonds. The molecule has 0 aliphatic carbocycles. The number of benzene rings is 1. The molecule has 88 valence electrons. The van der Waals surface area contributed by atoms with E-state index < -0.39 is 17.1 Å². The molecular weight excluding hydrogens is 212 g/mol. The van der Waals surface area contributed by atoms with Crippen LogP contribution in [0.15, 0.2) is 12.1 Å². The van der Waals surface area contributed by atoms with Gasteiger partial charge in [0.1, 0.15) is 5.69 Å². The van der Waals surface area contributed by atoms with E-state index in [1.807, 2.05) is 0 Å². The molecule has 0 bridgehead atoms. The maximum atomic E-state index is 10.7. The molecule has 1 rings (SSSR count). The number of nitrogens with zero attached hydrogens (tertiary/aromatic N) is 1. The number of aliphatic hydroxyl groups is 2. The third kappa shape index (κ3) is 2.12. The lowest BCUT2D eigenvalue weighted by Crippen LogP contribution is -2.08. The first-order chi connectivity index (χ1) is 7.36. The molecule has 6 nitrogen and oxygen atoms in total. The van der Waals surface area contributed by atoms with Crippen LogP contribution in [0.3, 0.4) is 0 Å². The summed E-state index contributed by atoms with van der Waals surface area (Å²) in [6.45, 7) is 2.95. The minimum Gasteiger partial charge on any atom is -0.393 e. The van der Waals surface area contributed by atoms with Crippen molar-refractivity contribution in [2.75, 3.05) is 5.73 Å². The van der Waals surface area contributed by atoms with Gasteiger partial charge in [0.15, 0.2) is 0 Å². The summed E-state index contributed by atoms with van der Waals surface area (Å²) in [6, 6.07) is 2.63. The summed E-state index contributed by atoms with van der Waals surface area (Å²) in [5.74, 6) is 0. The highest BCUT2D eigenvalue weighted by atomic mass is 16.6. The average Bonchev–Trinajstić information content (AvgIpc) is 2.15. The fourth-order valence-electron chi connectivity index (χ4n) is 1.63. The van der Waals surface area contributed by atoms with Crippen LogP contribution in [0.25, 0.3) is 0 Å². The second kappa shape index (κ2) is 4.46. The normalized spacial score (nSPS) is 14.5. The third-order valence-electron chi connectivity index (χ3n) is 2.36. The van der Waals surface area contributed by atoms with Crippen molar-refractivity contribution >= 4 is 11.4 Å². The number of nitrogen functional groups attached to an aromatic ring is 1. The van der Waals surface area contributed by atoms with E-state index in [0.717, 1.165) is 0 Å². The molecule has 0 spiro atoms. The second-order valence-electron chi connectivity index (χ2n) is 3.61. The molecular formula is C10H14N2O4. The first-order valence-electron chi connectivity index (χ1n) is 4.79. The molecule has 0 aliphatic rings. The second-order valence-corrected chi connectivity index (χ2v) is 3.61. The zero-order chi connectivity index (χ0) is 12.5. The number of rotatable bonds is 3. The fraction of sp³-hybridized carbons (Fsp3) is 0.400. The number of nitrogens with two attached hydrogens (primary N) is 1. The summed E-state index contributed by atoms with van der Waals surface area (Å²) >= 11 is 0. The van der Waals surface area contributed by atoms with E-state index in [-0.39, 0.29) is 16.9 Å². The molecule has 0 radical (unpaired) electrons. The zero-order valence-corrected chi connectivity index (χ0v) is 9.04. The van der Waals surface area contributed by atoms with Crippen molar-refractivity contribution in [3.05, 3.63) is 33.4 Å². The predicted molar refractivity (Wildman–Crippen MR) is 58.8 cm³/mol. The van der Waals surface area contributed by atoms with Crippen molar-refractivity contribution in [2.45, 2.75) is 26.1 Å². The molecule has 0 aromatic heterocycles. The van der Waals surface area contributed by atoms with Crippen LogP contribution in [0.5, 0.6) is 0 Å². The minimum absolute atomic E-state index is 0.0987. The Morgan fingerprint density at radius 1 is 1.31 bits per heavy atom. The summed E-state index contributed by atoms with van der Waals surface area (Å²) in [7, 11) is 0. The Labute approximate surface area is 92.5 Å². The number of hydrogen-bond acceptors (Lipinski definition) is 5. The van der Waals surface area contributed by atoms with Crippen LogP contribution in [0.1, 0.15) is 37.2 Å². The summed E-state index contributed by atoms with van der Waals surface area (Å²) in [4.78, 5) is 10.0. The van der Waals surface area contributed by atoms with Gasteiger partial charge in [-0.05, 0) is 25.5 Å².